The predicted octanol–water partition coefficient (Wildman–Crippen LogP) is 2.92. The smallest absolute Gasteiger partial charge is 0.341 e. The van der Waals surface area contributed by atoms with Crippen molar-refractivity contribution in [3.8, 4) is 5.75 Å². The highest BCUT2D eigenvalue weighted by Crippen LogP contribution is 2.15. The highest BCUT2D eigenvalue weighted by molar-refractivity contribution is 5.92. The number of halogens is 1. The van der Waals surface area contributed by atoms with Gasteiger partial charge in [-0.05, 0) is 30.3 Å². The van der Waals surface area contributed by atoms with Crippen LogP contribution in [0.3, 0.4) is 0 Å². The predicted molar refractivity (Wildman–Crippen MR) is 87.1 cm³/mol. The van der Waals surface area contributed by atoms with Crippen LogP contribution in [-0.2, 0) is 6.54 Å². The van der Waals surface area contributed by atoms with Gasteiger partial charge in [0.1, 0.15) is 23.7 Å². The molecule has 1 aromatic heterocycles. The number of nitrogens with zero attached hydrogens (tertiary/aromatic N) is 1. The summed E-state index contributed by atoms with van der Waals surface area (Å²) in [6.45, 7) is 0.593. The molecule has 1 heterocycles. The van der Waals surface area contributed by atoms with Crippen LogP contribution < -0.4 is 10.2 Å². The first-order valence-corrected chi connectivity index (χ1v) is 7.30. The number of aromatic carboxylic acids is 1. The molecule has 122 valence electrons. The number of carbonyl (C=O) groups is 1. The van der Waals surface area contributed by atoms with Crippen molar-refractivity contribution >= 4 is 16.9 Å². The van der Waals surface area contributed by atoms with Gasteiger partial charge in [0, 0.05) is 11.6 Å². The molecule has 2 aromatic carbocycles. The van der Waals surface area contributed by atoms with E-state index in [-0.39, 0.29) is 12.0 Å². The van der Waals surface area contributed by atoms with Gasteiger partial charge in [-0.1, -0.05) is 18.2 Å². The first kappa shape index (κ1) is 15.7. The number of hydrogen-bond acceptors (Lipinski definition) is 3. The van der Waals surface area contributed by atoms with Crippen molar-refractivity contribution in [3.05, 3.63) is 76.3 Å². The number of benzene rings is 2. The van der Waals surface area contributed by atoms with E-state index in [0.717, 1.165) is 6.07 Å². The monoisotopic (exact) mass is 327 g/mol. The molecule has 6 heteroatoms. The van der Waals surface area contributed by atoms with Gasteiger partial charge in [0.15, 0.2) is 0 Å². The molecule has 0 atom stereocenters. The molecule has 24 heavy (non-hydrogen) atoms. The van der Waals surface area contributed by atoms with Crippen molar-refractivity contribution in [2.45, 2.75) is 6.54 Å². The molecule has 0 saturated carbocycles. The quantitative estimate of drug-likeness (QED) is 0.782. The van der Waals surface area contributed by atoms with Crippen LogP contribution in [0.2, 0.25) is 0 Å². The van der Waals surface area contributed by atoms with E-state index in [1.807, 2.05) is 30.3 Å². The van der Waals surface area contributed by atoms with Crippen LogP contribution in [-0.4, -0.2) is 22.2 Å². The minimum absolute atomic E-state index is 0.0367. The maximum Gasteiger partial charge on any atom is 0.341 e. The Bertz CT molecular complexity index is 950. The highest BCUT2D eigenvalue weighted by atomic mass is 19.1. The van der Waals surface area contributed by atoms with Crippen LogP contribution in [0, 0.1) is 5.82 Å². The Morgan fingerprint density at radius 2 is 1.92 bits per heavy atom. The van der Waals surface area contributed by atoms with Gasteiger partial charge < -0.3 is 14.4 Å². The van der Waals surface area contributed by atoms with E-state index < -0.39 is 22.8 Å². The van der Waals surface area contributed by atoms with E-state index in [0.29, 0.717) is 17.8 Å². The summed E-state index contributed by atoms with van der Waals surface area (Å²) in [5, 5.41) is 9.22. The van der Waals surface area contributed by atoms with Crippen LogP contribution in [0.25, 0.3) is 10.9 Å². The summed E-state index contributed by atoms with van der Waals surface area (Å²) in [5.74, 6) is -1.24. The second kappa shape index (κ2) is 6.54. The Hall–Kier alpha value is -3.15. The van der Waals surface area contributed by atoms with E-state index >= 15 is 0 Å². The summed E-state index contributed by atoms with van der Waals surface area (Å²) in [7, 11) is 0. The van der Waals surface area contributed by atoms with Crippen molar-refractivity contribution in [2.24, 2.45) is 0 Å². The van der Waals surface area contributed by atoms with E-state index in [9.17, 15) is 19.1 Å². The zero-order valence-electron chi connectivity index (χ0n) is 12.6. The number of hydrogen-bond donors (Lipinski definition) is 1. The van der Waals surface area contributed by atoms with Crippen molar-refractivity contribution in [3.63, 3.8) is 0 Å². The highest BCUT2D eigenvalue weighted by Gasteiger charge is 2.15. The maximum absolute atomic E-state index is 13.4. The van der Waals surface area contributed by atoms with Crippen molar-refractivity contribution in [1.82, 2.24) is 4.57 Å². The summed E-state index contributed by atoms with van der Waals surface area (Å²) < 4.78 is 20.6. The minimum Gasteiger partial charge on any atom is -0.492 e. The third kappa shape index (κ3) is 3.12. The molecule has 0 saturated heterocycles. The molecule has 0 bridgehead atoms. The number of carboxylic acid groups (broad SMARTS) is 1. The van der Waals surface area contributed by atoms with Gasteiger partial charge in [0.2, 0.25) is 5.43 Å². The van der Waals surface area contributed by atoms with Crippen LogP contribution in [0.5, 0.6) is 5.75 Å². The number of fused-ring (bicyclic) bond motifs is 1. The molecule has 3 rings (SSSR count). The maximum atomic E-state index is 13.4. The number of rotatable bonds is 5. The average molecular weight is 327 g/mol. The van der Waals surface area contributed by atoms with Crippen LogP contribution in [0.1, 0.15) is 10.4 Å². The SMILES string of the molecule is O=C(O)c1cn(CCOc2ccccc2)c2ccc(F)cc2c1=O. The standard InChI is InChI=1S/C18H14FNO4/c19-12-6-7-16-14(10-12)17(21)15(18(22)23)11-20(16)8-9-24-13-4-2-1-3-5-13/h1-7,10-11H,8-9H2,(H,22,23). The van der Waals surface area contributed by atoms with Gasteiger partial charge >= 0.3 is 5.97 Å². The molecule has 0 aliphatic rings. The Balaban J connectivity index is 1.96. The van der Waals surface area contributed by atoms with Crippen LogP contribution >= 0.6 is 0 Å². The summed E-state index contributed by atoms with van der Waals surface area (Å²) >= 11 is 0. The normalized spacial score (nSPS) is 10.7. The van der Waals surface area contributed by atoms with Crippen molar-refractivity contribution in [2.75, 3.05) is 6.61 Å². The first-order valence-electron chi connectivity index (χ1n) is 7.30. The number of carboxylic acids is 1. The molecule has 0 radical (unpaired) electrons. The topological polar surface area (TPSA) is 68.5 Å². The lowest BCUT2D eigenvalue weighted by molar-refractivity contribution is 0.0694. The lowest BCUT2D eigenvalue weighted by Gasteiger charge is -2.13. The fourth-order valence-electron chi connectivity index (χ4n) is 2.49. The molecule has 0 amide bonds. The fraction of sp³-hybridized carbons (Fsp3) is 0.111. The largest absolute Gasteiger partial charge is 0.492 e. The lowest BCUT2D eigenvalue weighted by Crippen LogP contribution is -2.20. The molecule has 5 nitrogen and oxygen atoms in total. The van der Waals surface area contributed by atoms with Crippen molar-refractivity contribution in [1.29, 1.82) is 0 Å². The van der Waals surface area contributed by atoms with Gasteiger partial charge in [-0.25, -0.2) is 9.18 Å². The molecular weight excluding hydrogens is 313 g/mol. The summed E-state index contributed by atoms with van der Waals surface area (Å²) in [6.07, 6.45) is 1.26. The molecule has 0 spiro atoms. The van der Waals surface area contributed by atoms with Gasteiger partial charge in [-0.15, -0.1) is 0 Å². The van der Waals surface area contributed by atoms with Gasteiger partial charge in [-0.3, -0.25) is 4.79 Å². The Morgan fingerprint density at radius 1 is 1.17 bits per heavy atom. The van der Waals surface area contributed by atoms with Gasteiger partial charge in [-0.2, -0.15) is 0 Å². The first-order chi connectivity index (χ1) is 11.6. The Kier molecular flexibility index (Phi) is 4.29. The second-order valence-corrected chi connectivity index (χ2v) is 5.19. The summed E-state index contributed by atoms with van der Waals surface area (Å²) in [5.41, 5.74) is -0.631. The Morgan fingerprint density at radius 3 is 2.62 bits per heavy atom. The average Bonchev–Trinajstić information content (AvgIpc) is 2.57. The molecule has 0 aliphatic heterocycles. The third-order valence-electron chi connectivity index (χ3n) is 3.62. The van der Waals surface area contributed by atoms with E-state index in [2.05, 4.69) is 0 Å². The van der Waals surface area contributed by atoms with E-state index in [1.54, 1.807) is 4.57 Å². The lowest BCUT2D eigenvalue weighted by atomic mass is 10.1. The van der Waals surface area contributed by atoms with Gasteiger partial charge in [0.25, 0.3) is 0 Å². The molecule has 1 N–H and O–H groups in total. The molecule has 0 aliphatic carbocycles. The molecule has 0 unspecified atom stereocenters. The van der Waals surface area contributed by atoms with Crippen LogP contribution in [0.4, 0.5) is 4.39 Å². The molecule has 0 fully saturated rings. The van der Waals surface area contributed by atoms with Gasteiger partial charge in [0.05, 0.1) is 12.1 Å². The number of para-hydroxylation sites is 1. The number of pyridine rings is 1. The van der Waals surface area contributed by atoms with E-state index in [1.165, 1.54) is 18.3 Å². The zero-order valence-corrected chi connectivity index (χ0v) is 12.6. The third-order valence-corrected chi connectivity index (χ3v) is 3.62. The number of ether oxygens (including phenoxy) is 1. The van der Waals surface area contributed by atoms with Crippen molar-refractivity contribution < 1.29 is 19.0 Å². The molecule has 3 aromatic rings. The summed E-state index contributed by atoms with van der Waals surface area (Å²) in [6, 6.07) is 12.9. The molecular formula is C18H14FNO4. The zero-order chi connectivity index (χ0) is 17.1. The van der Waals surface area contributed by atoms with Crippen LogP contribution in [0.15, 0.2) is 59.5 Å². The second-order valence-electron chi connectivity index (χ2n) is 5.19. The van der Waals surface area contributed by atoms with E-state index in [4.69, 9.17) is 4.74 Å². The fourth-order valence-corrected chi connectivity index (χ4v) is 2.49. The summed E-state index contributed by atoms with van der Waals surface area (Å²) in [4.78, 5) is 23.4. The number of aromatic nitrogens is 1. The minimum atomic E-state index is -1.34. The Labute approximate surface area is 136 Å².